The van der Waals surface area contributed by atoms with Gasteiger partial charge in [-0.15, -0.1) is 0 Å². The molecule has 0 aromatic rings. The first kappa shape index (κ1) is 12.8. The summed E-state index contributed by atoms with van der Waals surface area (Å²) in [4.78, 5) is 1.64. The van der Waals surface area contributed by atoms with Gasteiger partial charge in [0.2, 0.25) is 0 Å². The van der Waals surface area contributed by atoms with Crippen molar-refractivity contribution in [1.82, 2.24) is 4.90 Å². The highest BCUT2D eigenvalue weighted by Gasteiger charge is 2.26. The van der Waals surface area contributed by atoms with Crippen LogP contribution in [0.5, 0.6) is 0 Å². The molecule has 0 bridgehead atoms. The second-order valence-corrected chi connectivity index (χ2v) is 4.07. The summed E-state index contributed by atoms with van der Waals surface area (Å²) in [5, 5.41) is 18.1. The molecule has 0 heterocycles. The number of aliphatic hydroxyl groups is 2. The summed E-state index contributed by atoms with van der Waals surface area (Å²) < 4.78 is 24.5. The van der Waals surface area contributed by atoms with E-state index in [9.17, 15) is 13.9 Å². The van der Waals surface area contributed by atoms with Crippen molar-refractivity contribution in [3.8, 4) is 0 Å². The molecule has 0 spiro atoms. The molecular formula is C10H19F2NO2. The Morgan fingerprint density at radius 2 is 1.80 bits per heavy atom. The fraction of sp³-hybridized carbons (Fsp3) is 1.00. The summed E-state index contributed by atoms with van der Waals surface area (Å²) in [5.74, 6) is 0. The van der Waals surface area contributed by atoms with E-state index in [-0.39, 0.29) is 25.3 Å². The molecule has 0 radical (unpaired) electrons. The molecule has 1 aliphatic carbocycles. The minimum atomic E-state index is -2.36. The number of rotatable bonds is 5. The smallest absolute Gasteiger partial charge is 0.251 e. The predicted molar refractivity (Wildman–Crippen MR) is 52.9 cm³/mol. The molecule has 2 N–H and O–H groups in total. The molecular weight excluding hydrogens is 204 g/mol. The van der Waals surface area contributed by atoms with Crippen molar-refractivity contribution >= 4 is 0 Å². The summed E-state index contributed by atoms with van der Waals surface area (Å²) in [6, 6.07) is 0.0922. The van der Waals surface area contributed by atoms with E-state index in [1.807, 2.05) is 0 Å². The molecule has 1 aliphatic rings. The third-order valence-corrected chi connectivity index (χ3v) is 2.94. The average Bonchev–Trinajstić information content (AvgIpc) is 2.17. The van der Waals surface area contributed by atoms with Crippen molar-refractivity contribution in [3.63, 3.8) is 0 Å². The fourth-order valence-electron chi connectivity index (χ4n) is 2.15. The summed E-state index contributed by atoms with van der Waals surface area (Å²) in [6.07, 6.45) is 0.208. The number of halogens is 2. The molecule has 0 unspecified atom stereocenters. The van der Waals surface area contributed by atoms with E-state index in [2.05, 4.69) is 0 Å². The van der Waals surface area contributed by atoms with Crippen LogP contribution in [0.3, 0.4) is 0 Å². The summed E-state index contributed by atoms with van der Waals surface area (Å²) in [6.45, 7) is -0.0712. The van der Waals surface area contributed by atoms with Crippen LogP contribution in [-0.2, 0) is 0 Å². The van der Waals surface area contributed by atoms with Gasteiger partial charge in [0.25, 0.3) is 6.43 Å². The first-order valence-electron chi connectivity index (χ1n) is 5.44. The Kier molecular flexibility index (Phi) is 5.42. The standard InChI is InChI=1S/C10H19F2NO2/c11-10(12)7-13(5-6-14)8-1-3-9(15)4-2-8/h8-10,14-15H,1-7H2. The minimum absolute atomic E-state index is 0.0915. The van der Waals surface area contributed by atoms with Crippen LogP contribution in [-0.4, -0.2) is 53.4 Å². The highest BCUT2D eigenvalue weighted by atomic mass is 19.3. The van der Waals surface area contributed by atoms with Crippen molar-refractivity contribution in [3.05, 3.63) is 0 Å². The van der Waals surface area contributed by atoms with Gasteiger partial charge in [0.05, 0.1) is 19.3 Å². The van der Waals surface area contributed by atoms with Crippen LogP contribution in [0.4, 0.5) is 8.78 Å². The zero-order chi connectivity index (χ0) is 11.3. The third-order valence-electron chi connectivity index (χ3n) is 2.94. The second-order valence-electron chi connectivity index (χ2n) is 4.07. The molecule has 0 atom stereocenters. The van der Waals surface area contributed by atoms with Crippen molar-refractivity contribution in [1.29, 1.82) is 0 Å². The van der Waals surface area contributed by atoms with Crippen molar-refractivity contribution in [2.45, 2.75) is 44.3 Å². The Hall–Kier alpha value is -0.260. The molecule has 0 saturated heterocycles. The van der Waals surface area contributed by atoms with Crippen LogP contribution < -0.4 is 0 Å². The number of nitrogens with zero attached hydrogens (tertiary/aromatic N) is 1. The van der Waals surface area contributed by atoms with Crippen LogP contribution in [0.25, 0.3) is 0 Å². The molecule has 1 saturated carbocycles. The normalized spacial score (nSPS) is 27.6. The first-order valence-corrected chi connectivity index (χ1v) is 5.44. The third kappa shape index (κ3) is 4.40. The fourth-order valence-corrected chi connectivity index (χ4v) is 2.15. The molecule has 3 nitrogen and oxygen atoms in total. The van der Waals surface area contributed by atoms with E-state index in [1.54, 1.807) is 4.90 Å². The number of hydrogen-bond donors (Lipinski definition) is 2. The summed E-state index contributed by atoms with van der Waals surface area (Å²) in [5.41, 5.74) is 0. The van der Waals surface area contributed by atoms with E-state index < -0.39 is 6.43 Å². The topological polar surface area (TPSA) is 43.7 Å². The molecule has 90 valence electrons. The lowest BCUT2D eigenvalue weighted by molar-refractivity contribution is 0.0245. The monoisotopic (exact) mass is 223 g/mol. The van der Waals surface area contributed by atoms with Gasteiger partial charge < -0.3 is 10.2 Å². The Morgan fingerprint density at radius 1 is 1.20 bits per heavy atom. The first-order chi connectivity index (χ1) is 7.13. The van der Waals surface area contributed by atoms with Gasteiger partial charge in [-0.2, -0.15) is 0 Å². The zero-order valence-electron chi connectivity index (χ0n) is 8.78. The Bertz CT molecular complexity index is 173. The van der Waals surface area contributed by atoms with Gasteiger partial charge in [-0.05, 0) is 25.7 Å². The Labute approximate surface area is 88.7 Å². The molecule has 1 fully saturated rings. The molecule has 0 aromatic heterocycles. The van der Waals surface area contributed by atoms with Gasteiger partial charge >= 0.3 is 0 Å². The average molecular weight is 223 g/mol. The Morgan fingerprint density at radius 3 is 2.27 bits per heavy atom. The quantitative estimate of drug-likeness (QED) is 0.726. The lowest BCUT2D eigenvalue weighted by atomic mass is 9.92. The van der Waals surface area contributed by atoms with Crippen LogP contribution in [0, 0.1) is 0 Å². The van der Waals surface area contributed by atoms with E-state index in [1.165, 1.54) is 0 Å². The molecule has 0 amide bonds. The van der Waals surface area contributed by atoms with Gasteiger partial charge in [-0.1, -0.05) is 0 Å². The lowest BCUT2D eigenvalue weighted by Crippen LogP contribution is -2.43. The maximum atomic E-state index is 12.3. The largest absolute Gasteiger partial charge is 0.395 e. The van der Waals surface area contributed by atoms with Crippen LogP contribution in [0.1, 0.15) is 25.7 Å². The molecule has 0 aromatic carbocycles. The van der Waals surface area contributed by atoms with Gasteiger partial charge in [-0.3, -0.25) is 4.90 Å². The summed E-state index contributed by atoms with van der Waals surface area (Å²) >= 11 is 0. The predicted octanol–water partition coefficient (Wildman–Crippen LogP) is 0.849. The van der Waals surface area contributed by atoms with Crippen molar-refractivity contribution in [2.24, 2.45) is 0 Å². The SMILES string of the molecule is OCCN(CC(F)F)C1CCC(O)CC1. The minimum Gasteiger partial charge on any atom is -0.395 e. The van der Waals surface area contributed by atoms with Gasteiger partial charge in [-0.25, -0.2) is 8.78 Å². The highest BCUT2D eigenvalue weighted by Crippen LogP contribution is 2.23. The van der Waals surface area contributed by atoms with Crippen LogP contribution >= 0.6 is 0 Å². The number of aliphatic hydroxyl groups excluding tert-OH is 2. The lowest BCUT2D eigenvalue weighted by Gasteiger charge is -2.35. The second kappa shape index (κ2) is 6.35. The van der Waals surface area contributed by atoms with Gasteiger partial charge in [0.1, 0.15) is 0 Å². The molecule has 15 heavy (non-hydrogen) atoms. The molecule has 1 rings (SSSR count). The van der Waals surface area contributed by atoms with Crippen LogP contribution in [0.2, 0.25) is 0 Å². The van der Waals surface area contributed by atoms with Crippen molar-refractivity contribution < 1.29 is 19.0 Å². The van der Waals surface area contributed by atoms with Crippen molar-refractivity contribution in [2.75, 3.05) is 19.7 Å². The van der Waals surface area contributed by atoms with Gasteiger partial charge in [0, 0.05) is 12.6 Å². The Balaban J connectivity index is 2.40. The zero-order valence-corrected chi connectivity index (χ0v) is 8.78. The van der Waals surface area contributed by atoms with E-state index in [0.717, 1.165) is 12.8 Å². The number of hydrogen-bond acceptors (Lipinski definition) is 3. The van der Waals surface area contributed by atoms with Crippen LogP contribution in [0.15, 0.2) is 0 Å². The molecule has 5 heteroatoms. The summed E-state index contributed by atoms with van der Waals surface area (Å²) in [7, 11) is 0. The number of alkyl halides is 2. The van der Waals surface area contributed by atoms with E-state index >= 15 is 0 Å². The highest BCUT2D eigenvalue weighted by molar-refractivity contribution is 4.79. The van der Waals surface area contributed by atoms with E-state index in [0.29, 0.717) is 19.4 Å². The maximum Gasteiger partial charge on any atom is 0.251 e. The van der Waals surface area contributed by atoms with Gasteiger partial charge in [0.15, 0.2) is 0 Å². The van der Waals surface area contributed by atoms with E-state index in [4.69, 9.17) is 5.11 Å². The maximum absolute atomic E-state index is 12.3. The molecule has 0 aliphatic heterocycles.